The predicted octanol–water partition coefficient (Wildman–Crippen LogP) is 0.379. The first-order chi connectivity index (χ1) is 6.68. The van der Waals surface area contributed by atoms with E-state index in [1.165, 1.54) is 0 Å². The lowest BCUT2D eigenvalue weighted by atomic mass is 10.2. The fourth-order valence-corrected chi connectivity index (χ4v) is 0.945. The van der Waals surface area contributed by atoms with Crippen LogP contribution in [0.25, 0.3) is 0 Å². The number of rotatable bonds is 2. The summed E-state index contributed by atoms with van der Waals surface area (Å²) >= 11 is 0. The van der Waals surface area contributed by atoms with Crippen molar-refractivity contribution in [2.45, 2.75) is 6.54 Å². The molecule has 0 aliphatic carbocycles. The molecule has 14 heavy (non-hydrogen) atoms. The number of benzene rings is 1. The minimum absolute atomic E-state index is 0.365. The Balaban J connectivity index is 2.34. The molecule has 5 heteroatoms. The maximum atomic E-state index is 11.0. The van der Waals surface area contributed by atoms with Crippen LogP contribution in [0.2, 0.25) is 0 Å². The summed E-state index contributed by atoms with van der Waals surface area (Å²) in [6.45, 7) is 0.417. The Morgan fingerprint density at radius 3 is 2.57 bits per heavy atom. The summed E-state index contributed by atoms with van der Waals surface area (Å²) in [5.74, 6) is -0.365. The van der Waals surface area contributed by atoms with Crippen molar-refractivity contribution >= 4 is 12.0 Å². The molecule has 5 nitrogen and oxygen atoms in total. The first-order valence-corrected chi connectivity index (χ1v) is 4.11. The van der Waals surface area contributed by atoms with Crippen molar-refractivity contribution in [1.82, 2.24) is 10.6 Å². The zero-order valence-electron chi connectivity index (χ0n) is 7.58. The van der Waals surface area contributed by atoms with E-state index < -0.39 is 6.03 Å². The number of nitrogens with one attached hydrogen (secondary N) is 3. The van der Waals surface area contributed by atoms with E-state index in [9.17, 15) is 4.79 Å². The van der Waals surface area contributed by atoms with Gasteiger partial charge in [0.2, 0.25) is 0 Å². The fourth-order valence-electron chi connectivity index (χ4n) is 0.945. The highest BCUT2D eigenvalue weighted by Crippen LogP contribution is 1.96. The lowest BCUT2D eigenvalue weighted by Crippen LogP contribution is -2.42. The van der Waals surface area contributed by atoms with E-state index in [1.807, 2.05) is 30.3 Å². The zero-order chi connectivity index (χ0) is 10.4. The molecule has 0 aliphatic heterocycles. The van der Waals surface area contributed by atoms with Gasteiger partial charge in [0.25, 0.3) is 0 Å². The minimum Gasteiger partial charge on any atom is -0.370 e. The molecule has 0 aliphatic rings. The number of guanidine groups is 1. The van der Waals surface area contributed by atoms with Crippen LogP contribution in [0.5, 0.6) is 0 Å². The molecule has 0 radical (unpaired) electrons. The monoisotopic (exact) mass is 192 g/mol. The van der Waals surface area contributed by atoms with Crippen LogP contribution < -0.4 is 16.4 Å². The summed E-state index contributed by atoms with van der Waals surface area (Å²) in [6, 6.07) is 9.00. The number of amides is 2. The van der Waals surface area contributed by atoms with E-state index in [4.69, 9.17) is 11.1 Å². The normalized spacial score (nSPS) is 9.14. The summed E-state index contributed by atoms with van der Waals surface area (Å²) in [7, 11) is 0. The SMILES string of the molecule is N=C(N)NC(=O)NCc1ccccc1. The van der Waals surface area contributed by atoms with Crippen molar-refractivity contribution in [3.05, 3.63) is 35.9 Å². The van der Waals surface area contributed by atoms with Crippen LogP contribution in [0.15, 0.2) is 30.3 Å². The topological polar surface area (TPSA) is 91.0 Å². The molecule has 1 aromatic carbocycles. The maximum Gasteiger partial charge on any atom is 0.321 e. The van der Waals surface area contributed by atoms with Gasteiger partial charge in [0, 0.05) is 6.54 Å². The molecular weight excluding hydrogens is 180 g/mol. The second kappa shape index (κ2) is 4.86. The van der Waals surface area contributed by atoms with Gasteiger partial charge < -0.3 is 11.1 Å². The van der Waals surface area contributed by atoms with Gasteiger partial charge in [-0.05, 0) is 5.56 Å². The largest absolute Gasteiger partial charge is 0.370 e. The summed E-state index contributed by atoms with van der Waals surface area (Å²) in [5.41, 5.74) is 5.97. The molecular formula is C9H12N4O. The molecule has 1 aromatic rings. The Morgan fingerprint density at radius 1 is 1.36 bits per heavy atom. The Bertz CT molecular complexity index is 323. The van der Waals surface area contributed by atoms with Gasteiger partial charge in [-0.15, -0.1) is 0 Å². The lowest BCUT2D eigenvalue weighted by Gasteiger charge is -2.05. The molecule has 0 aromatic heterocycles. The number of carbonyl (C=O) groups excluding carboxylic acids is 1. The fraction of sp³-hybridized carbons (Fsp3) is 0.111. The summed E-state index contributed by atoms with van der Waals surface area (Å²) in [4.78, 5) is 11.0. The van der Waals surface area contributed by atoms with Gasteiger partial charge >= 0.3 is 6.03 Å². The molecule has 0 heterocycles. The molecule has 0 bridgehead atoms. The Hall–Kier alpha value is -2.04. The highest BCUT2D eigenvalue weighted by molar-refractivity contribution is 5.93. The van der Waals surface area contributed by atoms with Gasteiger partial charge in [0.1, 0.15) is 0 Å². The molecule has 0 unspecified atom stereocenters. The van der Waals surface area contributed by atoms with Crippen LogP contribution in [0.4, 0.5) is 4.79 Å². The zero-order valence-corrected chi connectivity index (χ0v) is 7.58. The molecule has 2 amide bonds. The van der Waals surface area contributed by atoms with Crippen molar-refractivity contribution in [1.29, 1.82) is 5.41 Å². The summed E-state index contributed by atoms with van der Waals surface area (Å²) < 4.78 is 0. The van der Waals surface area contributed by atoms with Crippen LogP contribution in [-0.4, -0.2) is 12.0 Å². The second-order valence-electron chi connectivity index (χ2n) is 2.71. The first kappa shape index (κ1) is 10.0. The van der Waals surface area contributed by atoms with Crippen LogP contribution in [0.1, 0.15) is 5.56 Å². The van der Waals surface area contributed by atoms with Crippen LogP contribution in [0, 0.1) is 5.41 Å². The minimum atomic E-state index is -0.471. The molecule has 0 saturated carbocycles. The molecule has 0 spiro atoms. The van der Waals surface area contributed by atoms with E-state index >= 15 is 0 Å². The van der Waals surface area contributed by atoms with Crippen molar-refractivity contribution in [2.24, 2.45) is 5.73 Å². The smallest absolute Gasteiger partial charge is 0.321 e. The van der Waals surface area contributed by atoms with E-state index in [2.05, 4.69) is 10.6 Å². The molecule has 5 N–H and O–H groups in total. The molecule has 0 atom stereocenters. The third-order valence-corrected chi connectivity index (χ3v) is 1.54. The molecule has 0 fully saturated rings. The highest BCUT2D eigenvalue weighted by atomic mass is 16.2. The van der Waals surface area contributed by atoms with Gasteiger partial charge in [0.05, 0.1) is 0 Å². The van der Waals surface area contributed by atoms with E-state index in [-0.39, 0.29) is 5.96 Å². The Morgan fingerprint density at radius 2 is 2.00 bits per heavy atom. The van der Waals surface area contributed by atoms with Crippen molar-refractivity contribution in [3.8, 4) is 0 Å². The summed E-state index contributed by atoms with van der Waals surface area (Å²) in [5, 5.41) is 11.5. The van der Waals surface area contributed by atoms with Crippen LogP contribution in [0.3, 0.4) is 0 Å². The van der Waals surface area contributed by atoms with Crippen LogP contribution in [-0.2, 0) is 6.54 Å². The van der Waals surface area contributed by atoms with Crippen molar-refractivity contribution in [3.63, 3.8) is 0 Å². The van der Waals surface area contributed by atoms with Gasteiger partial charge in [-0.2, -0.15) is 0 Å². The molecule has 74 valence electrons. The quantitative estimate of drug-likeness (QED) is 0.403. The van der Waals surface area contributed by atoms with Crippen LogP contribution >= 0.6 is 0 Å². The Kier molecular flexibility index (Phi) is 3.49. The molecule has 1 rings (SSSR count). The lowest BCUT2D eigenvalue weighted by molar-refractivity contribution is 0.245. The van der Waals surface area contributed by atoms with Gasteiger partial charge in [-0.3, -0.25) is 10.7 Å². The van der Waals surface area contributed by atoms with E-state index in [1.54, 1.807) is 0 Å². The maximum absolute atomic E-state index is 11.0. The molecule has 0 saturated heterocycles. The van der Waals surface area contributed by atoms with Gasteiger partial charge in [-0.25, -0.2) is 4.79 Å². The number of hydrogen-bond donors (Lipinski definition) is 4. The van der Waals surface area contributed by atoms with E-state index in [0.29, 0.717) is 6.54 Å². The van der Waals surface area contributed by atoms with Crippen molar-refractivity contribution < 1.29 is 4.79 Å². The number of hydrogen-bond acceptors (Lipinski definition) is 2. The summed E-state index contributed by atoms with van der Waals surface area (Å²) in [6.07, 6.45) is 0. The second-order valence-corrected chi connectivity index (χ2v) is 2.71. The van der Waals surface area contributed by atoms with Gasteiger partial charge in [0.15, 0.2) is 5.96 Å². The average Bonchev–Trinajstić information content (AvgIpc) is 2.15. The average molecular weight is 192 g/mol. The van der Waals surface area contributed by atoms with Crippen molar-refractivity contribution in [2.75, 3.05) is 0 Å². The third kappa shape index (κ3) is 3.57. The standard InChI is InChI=1S/C9H12N4O/c10-8(11)13-9(14)12-6-7-4-2-1-3-5-7/h1-5H,6H2,(H5,10,11,12,13,14). The Labute approximate surface area is 81.8 Å². The van der Waals surface area contributed by atoms with E-state index in [0.717, 1.165) is 5.56 Å². The highest BCUT2D eigenvalue weighted by Gasteiger charge is 1.99. The first-order valence-electron chi connectivity index (χ1n) is 4.11. The predicted molar refractivity (Wildman–Crippen MR) is 53.7 cm³/mol. The number of carbonyl (C=O) groups is 1. The number of nitrogens with two attached hydrogens (primary N) is 1. The van der Waals surface area contributed by atoms with Gasteiger partial charge in [-0.1, -0.05) is 30.3 Å². The number of urea groups is 1. The third-order valence-electron chi connectivity index (χ3n) is 1.54.